The lowest BCUT2D eigenvalue weighted by Gasteiger charge is -2.15. The molecule has 1 atom stereocenters. The molecule has 2 nitrogen and oxygen atoms in total. The maximum absolute atomic E-state index is 4.71. The van der Waals surface area contributed by atoms with Crippen molar-refractivity contribution in [2.75, 3.05) is 18.6 Å². The number of nitrogens with zero attached hydrogens (tertiary/aromatic N) is 1. The van der Waals surface area contributed by atoms with Crippen molar-refractivity contribution >= 4 is 33.3 Å². The van der Waals surface area contributed by atoms with E-state index in [1.807, 2.05) is 23.1 Å². The van der Waals surface area contributed by atoms with Crippen molar-refractivity contribution in [3.63, 3.8) is 0 Å². The number of thioether (sulfide) groups is 1. The standard InChI is InChI=1S/C14H20N2S2/c1-3-15-11(8-9-17-2)10-14-16-12-6-4-5-7-13(12)18-14/h4-7,11,15H,3,8-10H2,1-2H3. The molecule has 1 N–H and O–H groups in total. The molecule has 2 aromatic rings. The van der Waals surface area contributed by atoms with Gasteiger partial charge in [0.1, 0.15) is 0 Å². The molecular formula is C14H20N2S2. The topological polar surface area (TPSA) is 24.9 Å². The van der Waals surface area contributed by atoms with E-state index in [0.29, 0.717) is 6.04 Å². The molecule has 1 heterocycles. The van der Waals surface area contributed by atoms with E-state index in [4.69, 9.17) is 4.98 Å². The molecule has 0 aliphatic rings. The van der Waals surface area contributed by atoms with Gasteiger partial charge < -0.3 is 5.32 Å². The minimum atomic E-state index is 0.558. The molecule has 0 aliphatic carbocycles. The van der Waals surface area contributed by atoms with Crippen molar-refractivity contribution in [2.45, 2.75) is 25.8 Å². The lowest BCUT2D eigenvalue weighted by molar-refractivity contribution is 0.513. The first-order valence-corrected chi connectivity index (χ1v) is 8.61. The first-order valence-electron chi connectivity index (χ1n) is 6.40. The summed E-state index contributed by atoms with van der Waals surface area (Å²) >= 11 is 3.74. The summed E-state index contributed by atoms with van der Waals surface area (Å²) in [5.74, 6) is 1.21. The summed E-state index contributed by atoms with van der Waals surface area (Å²) in [7, 11) is 0. The van der Waals surface area contributed by atoms with Crippen LogP contribution in [-0.4, -0.2) is 29.6 Å². The first kappa shape index (κ1) is 13.8. The zero-order valence-corrected chi connectivity index (χ0v) is 12.6. The molecule has 98 valence electrons. The summed E-state index contributed by atoms with van der Waals surface area (Å²) in [6.45, 7) is 3.20. The van der Waals surface area contributed by atoms with E-state index in [0.717, 1.165) is 18.5 Å². The van der Waals surface area contributed by atoms with Crippen molar-refractivity contribution in [3.8, 4) is 0 Å². The molecule has 2 rings (SSSR count). The largest absolute Gasteiger partial charge is 0.314 e. The summed E-state index contributed by atoms with van der Waals surface area (Å²) in [4.78, 5) is 4.71. The minimum absolute atomic E-state index is 0.558. The molecule has 0 amide bonds. The Hall–Kier alpha value is -0.580. The molecule has 4 heteroatoms. The molecule has 18 heavy (non-hydrogen) atoms. The molecule has 0 saturated heterocycles. The molecular weight excluding hydrogens is 260 g/mol. The molecule has 0 spiro atoms. The molecule has 0 fully saturated rings. The Bertz CT molecular complexity index is 448. The highest BCUT2D eigenvalue weighted by Crippen LogP contribution is 2.23. The van der Waals surface area contributed by atoms with E-state index < -0.39 is 0 Å². The Balaban J connectivity index is 2.05. The van der Waals surface area contributed by atoms with Gasteiger partial charge in [-0.05, 0) is 37.1 Å². The lowest BCUT2D eigenvalue weighted by Crippen LogP contribution is -2.31. The molecule has 0 aliphatic heterocycles. The van der Waals surface area contributed by atoms with E-state index >= 15 is 0 Å². The molecule has 0 radical (unpaired) electrons. The predicted octanol–water partition coefficient (Wildman–Crippen LogP) is 3.57. The number of nitrogens with one attached hydrogen (secondary N) is 1. The van der Waals surface area contributed by atoms with Gasteiger partial charge in [0, 0.05) is 12.5 Å². The second-order valence-electron chi connectivity index (χ2n) is 4.32. The average Bonchev–Trinajstić information content (AvgIpc) is 2.78. The number of para-hydroxylation sites is 1. The Morgan fingerprint density at radius 2 is 2.22 bits per heavy atom. The second-order valence-corrected chi connectivity index (χ2v) is 6.42. The van der Waals surface area contributed by atoms with Crippen LogP contribution in [-0.2, 0) is 6.42 Å². The Labute approximate surface area is 117 Å². The summed E-state index contributed by atoms with van der Waals surface area (Å²) in [5.41, 5.74) is 1.14. The third-order valence-electron chi connectivity index (χ3n) is 2.92. The van der Waals surface area contributed by atoms with Gasteiger partial charge in [0.15, 0.2) is 0 Å². The average molecular weight is 280 g/mol. The number of thiazole rings is 1. The van der Waals surface area contributed by atoms with Gasteiger partial charge in [-0.3, -0.25) is 0 Å². The fourth-order valence-corrected chi connectivity index (χ4v) is 3.61. The van der Waals surface area contributed by atoms with Crippen LogP contribution in [0.4, 0.5) is 0 Å². The van der Waals surface area contributed by atoms with Crippen LogP contribution in [0.1, 0.15) is 18.4 Å². The number of aromatic nitrogens is 1. The zero-order valence-electron chi connectivity index (χ0n) is 11.0. The van der Waals surface area contributed by atoms with Gasteiger partial charge in [0.2, 0.25) is 0 Å². The second kappa shape index (κ2) is 7.12. The summed E-state index contributed by atoms with van der Waals surface area (Å²) in [6.07, 6.45) is 4.43. The van der Waals surface area contributed by atoms with E-state index in [2.05, 4.69) is 42.8 Å². The van der Waals surface area contributed by atoms with Gasteiger partial charge in [-0.15, -0.1) is 11.3 Å². The normalized spacial score (nSPS) is 13.0. The number of rotatable bonds is 7. The van der Waals surface area contributed by atoms with Crippen molar-refractivity contribution < 1.29 is 0 Å². The van der Waals surface area contributed by atoms with Crippen molar-refractivity contribution in [1.29, 1.82) is 0 Å². The number of hydrogen-bond donors (Lipinski definition) is 1. The summed E-state index contributed by atoms with van der Waals surface area (Å²) in [6, 6.07) is 8.95. The monoisotopic (exact) mass is 280 g/mol. The quantitative estimate of drug-likeness (QED) is 0.839. The molecule has 0 saturated carbocycles. The van der Waals surface area contributed by atoms with Crippen LogP contribution in [0.15, 0.2) is 24.3 Å². The van der Waals surface area contributed by atoms with Crippen LogP contribution in [0.2, 0.25) is 0 Å². The molecule has 1 unspecified atom stereocenters. The number of fused-ring (bicyclic) bond motifs is 1. The van der Waals surface area contributed by atoms with Gasteiger partial charge in [-0.25, -0.2) is 4.98 Å². The Morgan fingerprint density at radius 3 is 2.94 bits per heavy atom. The molecule has 1 aromatic heterocycles. The van der Waals surface area contributed by atoms with E-state index in [9.17, 15) is 0 Å². The van der Waals surface area contributed by atoms with Gasteiger partial charge in [0.05, 0.1) is 15.2 Å². The molecule has 1 aromatic carbocycles. The fraction of sp³-hybridized carbons (Fsp3) is 0.500. The van der Waals surface area contributed by atoms with Crippen molar-refractivity contribution in [1.82, 2.24) is 10.3 Å². The number of hydrogen-bond acceptors (Lipinski definition) is 4. The minimum Gasteiger partial charge on any atom is -0.314 e. The zero-order chi connectivity index (χ0) is 12.8. The van der Waals surface area contributed by atoms with Crippen LogP contribution >= 0.6 is 23.1 Å². The highest BCUT2D eigenvalue weighted by molar-refractivity contribution is 7.98. The lowest BCUT2D eigenvalue weighted by atomic mass is 10.1. The smallest absolute Gasteiger partial charge is 0.0954 e. The fourth-order valence-electron chi connectivity index (χ4n) is 2.04. The van der Waals surface area contributed by atoms with Gasteiger partial charge in [-0.2, -0.15) is 11.8 Å². The third kappa shape index (κ3) is 3.70. The summed E-state index contributed by atoms with van der Waals surface area (Å²) < 4.78 is 1.30. The molecule has 0 bridgehead atoms. The van der Waals surface area contributed by atoms with E-state index in [-0.39, 0.29) is 0 Å². The van der Waals surface area contributed by atoms with Crippen molar-refractivity contribution in [3.05, 3.63) is 29.3 Å². The maximum atomic E-state index is 4.71. The van der Waals surface area contributed by atoms with Crippen LogP contribution in [0.5, 0.6) is 0 Å². The summed E-state index contributed by atoms with van der Waals surface area (Å²) in [5, 5.41) is 4.82. The van der Waals surface area contributed by atoms with Crippen LogP contribution < -0.4 is 5.32 Å². The third-order valence-corrected chi connectivity index (χ3v) is 4.63. The predicted molar refractivity (Wildman–Crippen MR) is 83.8 cm³/mol. The van der Waals surface area contributed by atoms with Crippen LogP contribution in [0, 0.1) is 0 Å². The van der Waals surface area contributed by atoms with Gasteiger partial charge in [0.25, 0.3) is 0 Å². The van der Waals surface area contributed by atoms with Crippen LogP contribution in [0.25, 0.3) is 10.2 Å². The number of likely N-dealkylation sites (N-methyl/N-ethyl adjacent to an activating group) is 1. The maximum Gasteiger partial charge on any atom is 0.0954 e. The van der Waals surface area contributed by atoms with Gasteiger partial charge in [-0.1, -0.05) is 19.1 Å². The Kier molecular flexibility index (Phi) is 5.47. The highest BCUT2D eigenvalue weighted by atomic mass is 32.2. The van der Waals surface area contributed by atoms with Gasteiger partial charge >= 0.3 is 0 Å². The SMILES string of the molecule is CCNC(CCSC)Cc1nc2ccccc2s1. The Morgan fingerprint density at radius 1 is 1.39 bits per heavy atom. The highest BCUT2D eigenvalue weighted by Gasteiger charge is 2.11. The van der Waals surface area contributed by atoms with Crippen molar-refractivity contribution in [2.24, 2.45) is 0 Å². The first-order chi connectivity index (χ1) is 8.83. The van der Waals surface area contributed by atoms with E-state index in [1.54, 1.807) is 0 Å². The van der Waals surface area contributed by atoms with E-state index in [1.165, 1.54) is 21.9 Å². The van der Waals surface area contributed by atoms with Crippen LogP contribution in [0.3, 0.4) is 0 Å². The number of benzene rings is 1.